The molecule has 0 fully saturated rings. The highest BCUT2D eigenvalue weighted by Crippen LogP contribution is 2.26. The van der Waals surface area contributed by atoms with E-state index in [2.05, 4.69) is 9.82 Å². The number of nitrogens with two attached hydrogens (primary N) is 1. The lowest BCUT2D eigenvalue weighted by Gasteiger charge is -2.12. The maximum Gasteiger partial charge on any atom is 0.264 e. The van der Waals surface area contributed by atoms with Crippen LogP contribution in [0.1, 0.15) is 23.7 Å². The van der Waals surface area contributed by atoms with Crippen LogP contribution in [0.5, 0.6) is 0 Å². The third-order valence-corrected chi connectivity index (χ3v) is 4.82. The maximum atomic E-state index is 12.5. The van der Waals surface area contributed by atoms with E-state index >= 15 is 0 Å². The van der Waals surface area contributed by atoms with Crippen molar-refractivity contribution < 1.29 is 8.42 Å². The zero-order valence-electron chi connectivity index (χ0n) is 12.6. The third kappa shape index (κ3) is 3.02. The van der Waals surface area contributed by atoms with Crippen molar-refractivity contribution in [2.75, 3.05) is 10.5 Å². The van der Waals surface area contributed by atoms with Crippen LogP contribution in [0.2, 0.25) is 0 Å². The Bertz CT molecular complexity index is 779. The molecule has 0 bridgehead atoms. The molecule has 0 aliphatic heterocycles. The first-order valence-electron chi connectivity index (χ1n) is 6.66. The molecule has 1 aromatic heterocycles. The summed E-state index contributed by atoms with van der Waals surface area (Å²) in [5.74, 6) is 0. The zero-order chi connectivity index (χ0) is 15.8. The topological polar surface area (TPSA) is 90.0 Å². The van der Waals surface area contributed by atoms with Gasteiger partial charge in [-0.15, -0.1) is 0 Å². The van der Waals surface area contributed by atoms with Crippen LogP contribution in [0.25, 0.3) is 0 Å². The van der Waals surface area contributed by atoms with Gasteiger partial charge in [0.25, 0.3) is 10.0 Å². The van der Waals surface area contributed by atoms with Crippen LogP contribution in [0.15, 0.2) is 23.2 Å². The molecule has 3 N–H and O–H groups in total. The van der Waals surface area contributed by atoms with Crippen LogP contribution in [-0.4, -0.2) is 18.2 Å². The minimum absolute atomic E-state index is 0.0940. The van der Waals surface area contributed by atoms with E-state index < -0.39 is 10.0 Å². The number of hydrogen-bond acceptors (Lipinski definition) is 4. The van der Waals surface area contributed by atoms with Crippen LogP contribution in [0.3, 0.4) is 0 Å². The Hall–Kier alpha value is -2.02. The molecule has 0 radical (unpaired) electrons. The number of rotatable bonds is 4. The first-order valence-corrected chi connectivity index (χ1v) is 8.15. The maximum absolute atomic E-state index is 12.5. The fraction of sp³-hybridized carbons (Fsp3) is 0.357. The molecule has 0 saturated heterocycles. The number of nitrogen functional groups attached to an aromatic ring is 1. The van der Waals surface area contributed by atoms with Gasteiger partial charge in [-0.25, -0.2) is 8.42 Å². The summed E-state index contributed by atoms with van der Waals surface area (Å²) in [6.45, 7) is 5.67. The molecule has 0 saturated carbocycles. The van der Waals surface area contributed by atoms with Gasteiger partial charge in [0.05, 0.1) is 17.1 Å². The first kappa shape index (κ1) is 15.4. The molecule has 0 atom stereocenters. The standard InChI is InChI=1S/C14H20N4O2S/c1-5-12-13(8-18(4)16-12)17-21(19,20)14-7-10(3)9(2)6-11(14)15/h6-8,17H,5,15H2,1-4H3. The summed E-state index contributed by atoms with van der Waals surface area (Å²) in [6, 6.07) is 3.27. The SMILES string of the molecule is CCc1nn(C)cc1NS(=O)(=O)c1cc(C)c(C)cc1N. The van der Waals surface area contributed by atoms with Crippen molar-refractivity contribution in [1.82, 2.24) is 9.78 Å². The predicted octanol–water partition coefficient (Wildman–Crippen LogP) is 1.98. The second kappa shape index (κ2) is 5.40. The Morgan fingerprint density at radius 1 is 1.29 bits per heavy atom. The predicted molar refractivity (Wildman–Crippen MR) is 83.7 cm³/mol. The molecule has 114 valence electrons. The lowest BCUT2D eigenvalue weighted by Crippen LogP contribution is -2.16. The summed E-state index contributed by atoms with van der Waals surface area (Å²) < 4.78 is 29.2. The summed E-state index contributed by atoms with van der Waals surface area (Å²) in [7, 11) is -1.98. The number of hydrogen-bond donors (Lipinski definition) is 2. The van der Waals surface area contributed by atoms with E-state index in [0.29, 0.717) is 17.8 Å². The van der Waals surface area contributed by atoms with Gasteiger partial charge in [-0.2, -0.15) is 5.10 Å². The normalized spacial score (nSPS) is 11.6. The van der Waals surface area contributed by atoms with Gasteiger partial charge >= 0.3 is 0 Å². The van der Waals surface area contributed by atoms with E-state index in [0.717, 1.165) is 11.1 Å². The molecular weight excluding hydrogens is 288 g/mol. The van der Waals surface area contributed by atoms with Crippen LogP contribution in [0.4, 0.5) is 11.4 Å². The molecule has 1 heterocycles. The number of nitrogens with zero attached hydrogens (tertiary/aromatic N) is 2. The number of nitrogens with one attached hydrogen (secondary N) is 1. The van der Waals surface area contributed by atoms with E-state index in [1.165, 1.54) is 0 Å². The summed E-state index contributed by atoms with van der Waals surface area (Å²) in [6.07, 6.45) is 2.29. The minimum atomic E-state index is -3.73. The van der Waals surface area contributed by atoms with Crippen molar-refractivity contribution >= 4 is 21.4 Å². The second-order valence-electron chi connectivity index (χ2n) is 5.10. The Kier molecular flexibility index (Phi) is 3.95. The Morgan fingerprint density at radius 3 is 2.52 bits per heavy atom. The van der Waals surface area contributed by atoms with E-state index in [4.69, 9.17) is 5.73 Å². The molecule has 1 aromatic carbocycles. The van der Waals surface area contributed by atoms with Crippen LogP contribution in [0, 0.1) is 13.8 Å². The monoisotopic (exact) mass is 308 g/mol. The van der Waals surface area contributed by atoms with E-state index in [9.17, 15) is 8.42 Å². The largest absolute Gasteiger partial charge is 0.398 e. The molecule has 2 rings (SSSR count). The Labute approximate surface area is 125 Å². The molecule has 2 aromatic rings. The molecule has 0 aliphatic rings. The Balaban J connectivity index is 2.45. The fourth-order valence-electron chi connectivity index (χ4n) is 2.13. The van der Waals surface area contributed by atoms with Crippen molar-refractivity contribution in [1.29, 1.82) is 0 Å². The number of benzene rings is 1. The third-order valence-electron chi connectivity index (χ3n) is 3.40. The fourth-order valence-corrected chi connectivity index (χ4v) is 3.40. The summed E-state index contributed by atoms with van der Waals surface area (Å²) in [5.41, 5.74) is 9.13. The Morgan fingerprint density at radius 2 is 1.90 bits per heavy atom. The smallest absolute Gasteiger partial charge is 0.264 e. The van der Waals surface area contributed by atoms with Crippen LogP contribution in [-0.2, 0) is 23.5 Å². The summed E-state index contributed by atoms with van der Waals surface area (Å²) in [5, 5.41) is 4.22. The number of aromatic nitrogens is 2. The van der Waals surface area contributed by atoms with Crippen molar-refractivity contribution in [3.63, 3.8) is 0 Å². The van der Waals surface area contributed by atoms with Crippen LogP contribution < -0.4 is 10.5 Å². The zero-order valence-corrected chi connectivity index (χ0v) is 13.5. The van der Waals surface area contributed by atoms with Gasteiger partial charge in [-0.3, -0.25) is 9.40 Å². The van der Waals surface area contributed by atoms with Gasteiger partial charge in [0, 0.05) is 13.2 Å². The number of anilines is 2. The molecule has 7 heteroatoms. The number of aryl methyl sites for hydroxylation is 4. The molecule has 0 amide bonds. The quantitative estimate of drug-likeness (QED) is 0.845. The molecule has 21 heavy (non-hydrogen) atoms. The van der Waals surface area contributed by atoms with Gasteiger partial charge in [-0.1, -0.05) is 6.92 Å². The van der Waals surface area contributed by atoms with Crippen molar-refractivity contribution in [2.24, 2.45) is 7.05 Å². The van der Waals surface area contributed by atoms with Gasteiger partial charge in [0.2, 0.25) is 0 Å². The van der Waals surface area contributed by atoms with E-state index in [1.54, 1.807) is 30.1 Å². The van der Waals surface area contributed by atoms with E-state index in [1.807, 2.05) is 20.8 Å². The highest BCUT2D eigenvalue weighted by atomic mass is 32.2. The summed E-state index contributed by atoms with van der Waals surface area (Å²) >= 11 is 0. The highest BCUT2D eigenvalue weighted by molar-refractivity contribution is 7.92. The second-order valence-corrected chi connectivity index (χ2v) is 6.75. The lowest BCUT2D eigenvalue weighted by atomic mass is 10.1. The highest BCUT2D eigenvalue weighted by Gasteiger charge is 2.21. The number of sulfonamides is 1. The van der Waals surface area contributed by atoms with Gasteiger partial charge in [0.15, 0.2) is 0 Å². The molecule has 0 spiro atoms. The van der Waals surface area contributed by atoms with Gasteiger partial charge in [0.1, 0.15) is 4.90 Å². The van der Waals surface area contributed by atoms with E-state index in [-0.39, 0.29) is 10.6 Å². The lowest BCUT2D eigenvalue weighted by molar-refractivity contribution is 0.601. The molecule has 0 aliphatic carbocycles. The van der Waals surface area contributed by atoms with Crippen molar-refractivity contribution in [2.45, 2.75) is 32.1 Å². The average molecular weight is 308 g/mol. The van der Waals surface area contributed by atoms with Gasteiger partial charge < -0.3 is 5.73 Å². The van der Waals surface area contributed by atoms with Crippen molar-refractivity contribution in [3.8, 4) is 0 Å². The minimum Gasteiger partial charge on any atom is -0.398 e. The molecule has 0 unspecified atom stereocenters. The summed E-state index contributed by atoms with van der Waals surface area (Å²) in [4.78, 5) is 0.0940. The average Bonchev–Trinajstić information content (AvgIpc) is 2.72. The molecular formula is C14H20N4O2S. The van der Waals surface area contributed by atoms with Crippen molar-refractivity contribution in [3.05, 3.63) is 35.2 Å². The van der Waals surface area contributed by atoms with Gasteiger partial charge in [-0.05, 0) is 43.5 Å². The molecule has 6 nitrogen and oxygen atoms in total. The van der Waals surface area contributed by atoms with Crippen LogP contribution >= 0.6 is 0 Å². The first-order chi connectivity index (χ1) is 9.74.